The van der Waals surface area contributed by atoms with Crippen LogP contribution in [0.15, 0.2) is 0 Å². The monoisotopic (exact) mass is 322 g/mol. The summed E-state index contributed by atoms with van der Waals surface area (Å²) in [6, 6.07) is 0. The van der Waals surface area contributed by atoms with Gasteiger partial charge in [0.05, 0.1) is 6.61 Å². The van der Waals surface area contributed by atoms with Crippen LogP contribution in [0.1, 0.15) is 46.0 Å². The lowest BCUT2D eigenvalue weighted by Gasteiger charge is -2.36. The van der Waals surface area contributed by atoms with E-state index >= 15 is 0 Å². The normalized spacial score (nSPS) is 26.1. The van der Waals surface area contributed by atoms with Crippen LogP contribution in [0.25, 0.3) is 0 Å². The summed E-state index contributed by atoms with van der Waals surface area (Å²) in [6.07, 6.45) is 1.46. The Bertz CT molecular complexity index is 482. The maximum Gasteiger partial charge on any atom is 0.421 e. The van der Waals surface area contributed by atoms with Crippen LogP contribution in [-0.2, 0) is 19.7 Å². The van der Waals surface area contributed by atoms with Crippen LogP contribution in [0.5, 0.6) is 0 Å². The van der Waals surface area contributed by atoms with E-state index in [1.54, 1.807) is 4.72 Å². The molecule has 0 unspecified atom stereocenters. The highest BCUT2D eigenvalue weighted by Gasteiger charge is 2.45. The van der Waals surface area contributed by atoms with Crippen molar-refractivity contribution in [3.8, 4) is 0 Å². The van der Waals surface area contributed by atoms with Crippen LogP contribution >= 0.6 is 0 Å². The zero-order valence-corrected chi connectivity index (χ0v) is 13.0. The van der Waals surface area contributed by atoms with E-state index in [9.17, 15) is 23.1 Å². The summed E-state index contributed by atoms with van der Waals surface area (Å²) in [6.45, 7) is 3.57. The van der Waals surface area contributed by atoms with Gasteiger partial charge in [-0.15, -0.1) is 0 Å². The highest BCUT2D eigenvalue weighted by molar-refractivity contribution is 7.88. The molecular weight excluding hydrogens is 300 g/mol. The van der Waals surface area contributed by atoms with E-state index in [1.165, 1.54) is 6.92 Å². The van der Waals surface area contributed by atoms with E-state index in [1.807, 2.05) is 6.92 Å². The first-order chi connectivity index (χ1) is 9.74. The van der Waals surface area contributed by atoms with Gasteiger partial charge in [0.2, 0.25) is 0 Å². The first-order valence-corrected chi connectivity index (χ1v) is 8.45. The van der Waals surface area contributed by atoms with Crippen molar-refractivity contribution in [3.05, 3.63) is 0 Å². The Morgan fingerprint density at radius 3 is 2.29 bits per heavy atom. The third-order valence-electron chi connectivity index (χ3n) is 3.77. The minimum Gasteiger partial charge on any atom is -0.480 e. The van der Waals surface area contributed by atoms with Crippen LogP contribution in [0.4, 0.5) is 4.79 Å². The van der Waals surface area contributed by atoms with Crippen LogP contribution in [0, 0.1) is 5.92 Å². The Hall–Kier alpha value is -1.35. The van der Waals surface area contributed by atoms with E-state index in [-0.39, 0.29) is 19.4 Å². The first-order valence-electron chi connectivity index (χ1n) is 6.96. The molecule has 0 aromatic carbocycles. The topological polar surface area (TPSA) is 122 Å². The summed E-state index contributed by atoms with van der Waals surface area (Å²) in [5.41, 5.74) is -1.57. The number of amides is 1. The molecule has 0 heterocycles. The number of nitrogens with one attached hydrogen (secondary N) is 2. The molecule has 21 heavy (non-hydrogen) atoms. The number of hydrogen-bond donors (Lipinski definition) is 3. The van der Waals surface area contributed by atoms with Crippen molar-refractivity contribution in [2.45, 2.75) is 51.5 Å². The van der Waals surface area contributed by atoms with Crippen molar-refractivity contribution in [1.29, 1.82) is 0 Å². The molecule has 0 bridgehead atoms. The van der Waals surface area contributed by atoms with E-state index in [0.717, 1.165) is 6.42 Å². The van der Waals surface area contributed by atoms with Gasteiger partial charge in [-0.2, -0.15) is 13.1 Å². The van der Waals surface area contributed by atoms with Crippen LogP contribution in [-0.4, -0.2) is 37.7 Å². The van der Waals surface area contributed by atoms with Gasteiger partial charge < -0.3 is 9.84 Å². The molecule has 0 spiro atoms. The van der Waals surface area contributed by atoms with Crippen molar-refractivity contribution in [2.75, 3.05) is 6.61 Å². The van der Waals surface area contributed by atoms with E-state index in [4.69, 9.17) is 0 Å². The maximum absolute atomic E-state index is 11.9. The van der Waals surface area contributed by atoms with E-state index in [0.29, 0.717) is 18.8 Å². The molecule has 0 aliphatic heterocycles. The molecule has 0 radical (unpaired) electrons. The standard InChI is InChI=1S/C12H22N2O6S/c1-3-9-5-7-12(8-6-9,10(15)16)14-21(18,19)13-11(17)20-4-2/h9,14H,3-8H2,1-2H3,(H,13,17)(H,15,16). The summed E-state index contributed by atoms with van der Waals surface area (Å²) in [7, 11) is -4.29. The molecule has 1 aliphatic carbocycles. The van der Waals surface area contributed by atoms with Gasteiger partial charge in [-0.25, -0.2) is 9.52 Å². The van der Waals surface area contributed by atoms with Gasteiger partial charge >= 0.3 is 22.3 Å². The Morgan fingerprint density at radius 2 is 1.86 bits per heavy atom. The zero-order valence-electron chi connectivity index (χ0n) is 12.2. The van der Waals surface area contributed by atoms with Crippen molar-refractivity contribution in [3.63, 3.8) is 0 Å². The Morgan fingerprint density at radius 1 is 1.29 bits per heavy atom. The molecule has 1 fully saturated rings. The number of ether oxygens (including phenoxy) is 1. The van der Waals surface area contributed by atoms with Gasteiger partial charge in [0.25, 0.3) is 0 Å². The average Bonchev–Trinajstić information content (AvgIpc) is 2.38. The minimum atomic E-state index is -4.29. The first kappa shape index (κ1) is 17.7. The lowest BCUT2D eigenvalue weighted by molar-refractivity contribution is -0.145. The molecule has 1 rings (SSSR count). The number of carboxylic acids is 1. The van der Waals surface area contributed by atoms with Crippen molar-refractivity contribution in [2.24, 2.45) is 5.92 Å². The Kier molecular flexibility index (Phi) is 5.97. The lowest BCUT2D eigenvalue weighted by Crippen LogP contribution is -2.59. The highest BCUT2D eigenvalue weighted by atomic mass is 32.2. The van der Waals surface area contributed by atoms with Crippen LogP contribution in [0.2, 0.25) is 0 Å². The van der Waals surface area contributed by atoms with Gasteiger partial charge in [0.15, 0.2) is 0 Å². The lowest BCUT2D eigenvalue weighted by atomic mass is 9.76. The van der Waals surface area contributed by atoms with Crippen molar-refractivity contribution < 1.29 is 27.9 Å². The SMILES string of the molecule is CCOC(=O)NS(=O)(=O)NC1(C(=O)O)CCC(CC)CC1. The molecular formula is C12H22N2O6S. The molecule has 3 N–H and O–H groups in total. The van der Waals surface area contributed by atoms with Gasteiger partial charge in [0.1, 0.15) is 5.54 Å². The quantitative estimate of drug-likeness (QED) is 0.670. The number of hydrogen-bond acceptors (Lipinski definition) is 5. The summed E-state index contributed by atoms with van der Waals surface area (Å²) in [5.74, 6) is -0.828. The molecule has 0 atom stereocenters. The van der Waals surface area contributed by atoms with Crippen LogP contribution < -0.4 is 9.44 Å². The molecule has 8 nitrogen and oxygen atoms in total. The molecule has 1 saturated carbocycles. The van der Waals surface area contributed by atoms with E-state index in [2.05, 4.69) is 9.46 Å². The predicted molar refractivity (Wildman–Crippen MR) is 74.8 cm³/mol. The Labute approximate surface area is 124 Å². The van der Waals surface area contributed by atoms with Crippen molar-refractivity contribution in [1.82, 2.24) is 9.44 Å². The maximum atomic E-state index is 11.9. The molecule has 9 heteroatoms. The highest BCUT2D eigenvalue weighted by Crippen LogP contribution is 2.34. The zero-order chi connectivity index (χ0) is 16.1. The molecule has 1 aliphatic rings. The number of aliphatic carboxylic acids is 1. The number of carbonyl (C=O) groups excluding carboxylic acids is 1. The fourth-order valence-corrected chi connectivity index (χ4v) is 3.63. The smallest absolute Gasteiger partial charge is 0.421 e. The molecule has 0 saturated heterocycles. The number of carbonyl (C=O) groups is 2. The fourth-order valence-electron chi connectivity index (χ4n) is 2.49. The van der Waals surface area contributed by atoms with Gasteiger partial charge in [0, 0.05) is 0 Å². The summed E-state index contributed by atoms with van der Waals surface area (Å²) >= 11 is 0. The van der Waals surface area contributed by atoms with Gasteiger partial charge in [-0.05, 0) is 38.5 Å². The summed E-state index contributed by atoms with van der Waals surface area (Å²) in [4.78, 5) is 22.7. The van der Waals surface area contributed by atoms with E-state index < -0.39 is 27.8 Å². The molecule has 0 aromatic heterocycles. The summed E-state index contributed by atoms with van der Waals surface area (Å²) < 4.78 is 31.9. The molecule has 1 amide bonds. The molecule has 0 aromatic rings. The summed E-state index contributed by atoms with van der Waals surface area (Å²) in [5, 5.41) is 9.38. The third-order valence-corrected chi connectivity index (χ3v) is 4.86. The van der Waals surface area contributed by atoms with Gasteiger partial charge in [-0.1, -0.05) is 13.3 Å². The fraction of sp³-hybridized carbons (Fsp3) is 0.833. The second-order valence-corrected chi connectivity index (χ2v) is 6.58. The largest absolute Gasteiger partial charge is 0.480 e. The van der Waals surface area contributed by atoms with Crippen LogP contribution in [0.3, 0.4) is 0 Å². The van der Waals surface area contributed by atoms with Gasteiger partial charge in [-0.3, -0.25) is 4.79 Å². The minimum absolute atomic E-state index is 0.0175. The number of carboxylic acid groups (broad SMARTS) is 1. The third kappa shape index (κ3) is 4.85. The van der Waals surface area contributed by atoms with Crippen molar-refractivity contribution >= 4 is 22.3 Å². The Balaban J connectivity index is 2.79. The average molecular weight is 322 g/mol. The second-order valence-electron chi connectivity index (χ2n) is 5.17. The number of rotatable bonds is 6. The molecule has 122 valence electrons. The predicted octanol–water partition coefficient (Wildman–Crippen LogP) is 0.990. The second kappa shape index (κ2) is 7.08.